The predicted molar refractivity (Wildman–Crippen MR) is 63.2 cm³/mol. The first-order valence-corrected chi connectivity index (χ1v) is 6.09. The molecule has 0 amide bonds. The maximum Gasteiger partial charge on any atom is 0.103 e. The quantitative estimate of drug-likeness (QED) is 0.833. The largest absolute Gasteiger partial charge is 0.384 e. The number of nitrogens with one attached hydrogen (secondary N) is 1. The van der Waals surface area contributed by atoms with Crippen molar-refractivity contribution in [3.05, 3.63) is 32.7 Å². The lowest BCUT2D eigenvalue weighted by molar-refractivity contribution is 0.0587. The molecule has 2 nitrogen and oxygen atoms in total. The summed E-state index contributed by atoms with van der Waals surface area (Å²) in [5.74, 6) is 0. The van der Waals surface area contributed by atoms with Crippen LogP contribution in [-0.2, 0) is 5.60 Å². The number of hydrogen-bond acceptors (Lipinski definition) is 2. The highest BCUT2D eigenvalue weighted by atomic mass is 79.9. The fourth-order valence-electron chi connectivity index (χ4n) is 1.71. The van der Waals surface area contributed by atoms with Crippen molar-refractivity contribution in [2.45, 2.75) is 12.0 Å². The summed E-state index contributed by atoms with van der Waals surface area (Å²) in [5, 5.41) is 13.4. The van der Waals surface area contributed by atoms with Crippen LogP contribution in [0.15, 0.2) is 27.1 Å². The molecule has 1 aliphatic rings. The minimum atomic E-state index is -0.691. The van der Waals surface area contributed by atoms with Crippen LogP contribution >= 0.6 is 31.9 Å². The van der Waals surface area contributed by atoms with Gasteiger partial charge in [-0.3, -0.25) is 0 Å². The molecule has 1 fully saturated rings. The Labute approximate surface area is 100.0 Å². The molecule has 1 aliphatic heterocycles. The number of aliphatic hydroxyl groups is 1. The molecule has 2 N–H and O–H groups in total. The molecule has 1 heterocycles. The maximum atomic E-state index is 10.3. The van der Waals surface area contributed by atoms with E-state index >= 15 is 0 Å². The van der Waals surface area contributed by atoms with E-state index in [0.717, 1.165) is 27.5 Å². The van der Waals surface area contributed by atoms with Crippen molar-refractivity contribution < 1.29 is 5.11 Å². The molecule has 4 heteroatoms. The number of hydrogen-bond donors (Lipinski definition) is 2. The molecule has 0 aromatic heterocycles. The van der Waals surface area contributed by atoms with Crippen molar-refractivity contribution in [1.82, 2.24) is 5.32 Å². The zero-order valence-electron chi connectivity index (χ0n) is 7.56. The molecule has 0 bridgehead atoms. The summed E-state index contributed by atoms with van der Waals surface area (Å²) in [4.78, 5) is 0. The van der Waals surface area contributed by atoms with Gasteiger partial charge in [0.1, 0.15) is 5.60 Å². The van der Waals surface area contributed by atoms with Crippen LogP contribution in [0.25, 0.3) is 0 Å². The van der Waals surface area contributed by atoms with Crippen LogP contribution in [0.4, 0.5) is 0 Å². The second kappa shape index (κ2) is 3.93. The summed E-state index contributed by atoms with van der Waals surface area (Å²) in [6.45, 7) is 1.52. The van der Waals surface area contributed by atoms with Crippen LogP contribution in [0.3, 0.4) is 0 Å². The Morgan fingerprint density at radius 3 is 2.64 bits per heavy atom. The Morgan fingerprint density at radius 1 is 1.29 bits per heavy atom. The summed E-state index contributed by atoms with van der Waals surface area (Å²) >= 11 is 6.85. The maximum absolute atomic E-state index is 10.3. The van der Waals surface area contributed by atoms with E-state index < -0.39 is 5.60 Å². The highest BCUT2D eigenvalue weighted by Gasteiger charge is 2.32. The monoisotopic (exact) mass is 319 g/mol. The summed E-state index contributed by atoms with van der Waals surface area (Å²) in [5.41, 5.74) is 0.279. The lowest BCUT2D eigenvalue weighted by Crippen LogP contribution is -2.28. The van der Waals surface area contributed by atoms with Gasteiger partial charge >= 0.3 is 0 Å². The third-order valence-electron chi connectivity index (χ3n) is 2.59. The molecule has 1 atom stereocenters. The lowest BCUT2D eigenvalue weighted by Gasteiger charge is -2.22. The van der Waals surface area contributed by atoms with Crippen molar-refractivity contribution in [2.75, 3.05) is 13.1 Å². The van der Waals surface area contributed by atoms with Gasteiger partial charge < -0.3 is 10.4 Å². The summed E-state index contributed by atoms with van der Waals surface area (Å²) in [6.07, 6.45) is 0.779. The third-order valence-corrected chi connectivity index (χ3v) is 4.47. The van der Waals surface area contributed by atoms with Gasteiger partial charge in [0.15, 0.2) is 0 Å². The van der Waals surface area contributed by atoms with Crippen molar-refractivity contribution in [1.29, 1.82) is 0 Å². The van der Waals surface area contributed by atoms with E-state index in [1.807, 2.05) is 18.2 Å². The highest BCUT2D eigenvalue weighted by molar-refractivity contribution is 9.13. The number of rotatable bonds is 1. The van der Waals surface area contributed by atoms with Gasteiger partial charge in [-0.1, -0.05) is 6.07 Å². The second-order valence-electron chi connectivity index (χ2n) is 3.59. The molecule has 14 heavy (non-hydrogen) atoms. The number of benzene rings is 1. The van der Waals surface area contributed by atoms with E-state index in [0.29, 0.717) is 6.54 Å². The van der Waals surface area contributed by atoms with E-state index in [1.54, 1.807) is 0 Å². The third kappa shape index (κ3) is 1.89. The van der Waals surface area contributed by atoms with Crippen LogP contribution in [-0.4, -0.2) is 18.2 Å². The van der Waals surface area contributed by atoms with Gasteiger partial charge in [0.25, 0.3) is 0 Å². The highest BCUT2D eigenvalue weighted by Crippen LogP contribution is 2.32. The Hall–Kier alpha value is 0.1000. The van der Waals surface area contributed by atoms with E-state index in [9.17, 15) is 5.11 Å². The molecule has 1 aromatic carbocycles. The summed E-state index contributed by atoms with van der Waals surface area (Å²) < 4.78 is 1.99. The van der Waals surface area contributed by atoms with E-state index in [1.165, 1.54) is 0 Å². The second-order valence-corrected chi connectivity index (χ2v) is 5.30. The van der Waals surface area contributed by atoms with E-state index in [-0.39, 0.29) is 0 Å². The molecule has 1 aromatic rings. The van der Waals surface area contributed by atoms with Gasteiger partial charge in [0, 0.05) is 15.5 Å². The van der Waals surface area contributed by atoms with Crippen LogP contribution in [0.1, 0.15) is 12.0 Å². The molecule has 0 spiro atoms. The first-order valence-electron chi connectivity index (χ1n) is 4.50. The number of β-amino-alcohol motifs (C(OH)–C–C–N with tert-alkyl or cyclic N) is 1. The molecule has 0 saturated carbocycles. The SMILES string of the molecule is OC1(c2ccc(Br)c(Br)c2)CCNC1. The molecule has 0 aliphatic carbocycles. The average Bonchev–Trinajstić information content (AvgIpc) is 2.58. The lowest BCUT2D eigenvalue weighted by atomic mass is 9.93. The Kier molecular flexibility index (Phi) is 2.98. The van der Waals surface area contributed by atoms with E-state index in [4.69, 9.17) is 0 Å². The van der Waals surface area contributed by atoms with Gasteiger partial charge in [-0.25, -0.2) is 0 Å². The first kappa shape index (κ1) is 10.6. The van der Waals surface area contributed by atoms with Gasteiger partial charge in [-0.15, -0.1) is 0 Å². The molecule has 1 unspecified atom stereocenters. The molecule has 76 valence electrons. The van der Waals surface area contributed by atoms with Crippen molar-refractivity contribution in [3.8, 4) is 0 Å². The molecular weight excluding hydrogens is 310 g/mol. The molecule has 2 rings (SSSR count). The van der Waals surface area contributed by atoms with Crippen molar-refractivity contribution in [3.63, 3.8) is 0 Å². The normalized spacial score (nSPS) is 26.8. The minimum absolute atomic E-state index is 0.640. The van der Waals surface area contributed by atoms with Gasteiger partial charge in [0.05, 0.1) is 0 Å². The Bertz CT molecular complexity index is 348. The van der Waals surface area contributed by atoms with Gasteiger partial charge in [-0.05, 0) is 62.5 Å². The molecule has 0 radical (unpaired) electrons. The minimum Gasteiger partial charge on any atom is -0.384 e. The van der Waals surface area contributed by atoms with Crippen LogP contribution in [0.5, 0.6) is 0 Å². The number of halogens is 2. The van der Waals surface area contributed by atoms with Crippen LogP contribution in [0, 0.1) is 0 Å². The average molecular weight is 321 g/mol. The zero-order valence-corrected chi connectivity index (χ0v) is 10.7. The van der Waals surface area contributed by atoms with E-state index in [2.05, 4.69) is 37.2 Å². The summed E-state index contributed by atoms with van der Waals surface area (Å²) in [6, 6.07) is 5.88. The Balaban J connectivity index is 2.36. The standard InChI is InChI=1S/C10H11Br2NO/c11-8-2-1-7(5-9(8)12)10(14)3-4-13-6-10/h1-2,5,13-14H,3-4,6H2. The predicted octanol–water partition coefficient (Wildman–Crippen LogP) is 2.39. The topological polar surface area (TPSA) is 32.3 Å². The van der Waals surface area contributed by atoms with Crippen LogP contribution < -0.4 is 5.32 Å². The first-order chi connectivity index (χ1) is 6.62. The molecule has 1 saturated heterocycles. The molecular formula is C10H11Br2NO. The van der Waals surface area contributed by atoms with Gasteiger partial charge in [0.2, 0.25) is 0 Å². The van der Waals surface area contributed by atoms with Gasteiger partial charge in [-0.2, -0.15) is 0 Å². The Morgan fingerprint density at radius 2 is 2.07 bits per heavy atom. The fraction of sp³-hybridized carbons (Fsp3) is 0.400. The van der Waals surface area contributed by atoms with Crippen LogP contribution in [0.2, 0.25) is 0 Å². The van der Waals surface area contributed by atoms with Crippen molar-refractivity contribution in [2.24, 2.45) is 0 Å². The summed E-state index contributed by atoms with van der Waals surface area (Å²) in [7, 11) is 0. The zero-order chi connectivity index (χ0) is 10.2. The smallest absolute Gasteiger partial charge is 0.103 e. The fourth-order valence-corrected chi connectivity index (χ4v) is 2.34. The van der Waals surface area contributed by atoms with Crippen molar-refractivity contribution >= 4 is 31.9 Å².